The maximum Gasteiger partial charge on any atom is 0.373 e. The lowest BCUT2D eigenvalue weighted by atomic mass is 10.1. The van der Waals surface area contributed by atoms with Gasteiger partial charge in [-0.2, -0.15) is 0 Å². The molecule has 2 rings (SSSR count). The third-order valence-electron chi connectivity index (χ3n) is 2.12. The van der Waals surface area contributed by atoms with E-state index in [9.17, 15) is 4.79 Å². The second-order valence-corrected chi connectivity index (χ2v) is 3.10. The molecule has 4 nitrogen and oxygen atoms in total. The van der Waals surface area contributed by atoms with Crippen molar-refractivity contribution in [2.24, 2.45) is 0 Å². The van der Waals surface area contributed by atoms with Gasteiger partial charge < -0.3 is 14.6 Å². The van der Waals surface area contributed by atoms with Crippen LogP contribution in [0.5, 0.6) is 5.75 Å². The Bertz CT molecular complexity index is 361. The highest BCUT2D eigenvalue weighted by atomic mass is 16.7. The second-order valence-electron chi connectivity index (χ2n) is 3.10. The standard InChI is InChI=1S/C10H10O4/c1-6-7-4-2-3-5-8(7)14-10(13-6)9(11)12/h2-6,10H,1H3,(H,11,12). The van der Waals surface area contributed by atoms with Gasteiger partial charge in [0.05, 0.1) is 6.10 Å². The summed E-state index contributed by atoms with van der Waals surface area (Å²) in [6, 6.07) is 7.27. The first-order valence-corrected chi connectivity index (χ1v) is 4.32. The summed E-state index contributed by atoms with van der Waals surface area (Å²) in [7, 11) is 0. The predicted octanol–water partition coefficient (Wildman–Crippen LogP) is 1.57. The predicted molar refractivity (Wildman–Crippen MR) is 48.0 cm³/mol. The SMILES string of the molecule is CC1OC(C(=O)O)Oc2ccccc21. The van der Waals surface area contributed by atoms with Gasteiger partial charge in [0.15, 0.2) is 0 Å². The van der Waals surface area contributed by atoms with E-state index in [4.69, 9.17) is 14.6 Å². The molecule has 1 aromatic rings. The van der Waals surface area contributed by atoms with Crippen LogP contribution in [-0.2, 0) is 9.53 Å². The van der Waals surface area contributed by atoms with E-state index in [-0.39, 0.29) is 6.10 Å². The highest BCUT2D eigenvalue weighted by molar-refractivity contribution is 5.71. The molecule has 14 heavy (non-hydrogen) atoms. The Hall–Kier alpha value is -1.55. The molecular formula is C10H10O4. The molecule has 0 spiro atoms. The fraction of sp³-hybridized carbons (Fsp3) is 0.300. The smallest absolute Gasteiger partial charge is 0.373 e. The molecule has 0 bridgehead atoms. The molecule has 4 heteroatoms. The third kappa shape index (κ3) is 1.44. The topological polar surface area (TPSA) is 55.8 Å². The highest BCUT2D eigenvalue weighted by Crippen LogP contribution is 2.33. The Kier molecular flexibility index (Phi) is 2.13. The van der Waals surface area contributed by atoms with Gasteiger partial charge >= 0.3 is 5.97 Å². The zero-order chi connectivity index (χ0) is 10.1. The van der Waals surface area contributed by atoms with E-state index in [1.54, 1.807) is 19.1 Å². The molecule has 0 amide bonds. The fourth-order valence-electron chi connectivity index (χ4n) is 1.43. The molecular weight excluding hydrogens is 184 g/mol. The molecule has 1 aromatic carbocycles. The summed E-state index contributed by atoms with van der Waals surface area (Å²) < 4.78 is 10.3. The number of aliphatic carboxylic acids is 1. The second kappa shape index (κ2) is 3.31. The first-order chi connectivity index (χ1) is 6.68. The average molecular weight is 194 g/mol. The number of carboxylic acid groups (broad SMARTS) is 1. The Morgan fingerprint density at radius 2 is 2.14 bits per heavy atom. The van der Waals surface area contributed by atoms with E-state index in [0.29, 0.717) is 5.75 Å². The summed E-state index contributed by atoms with van der Waals surface area (Å²) in [6.45, 7) is 1.80. The van der Waals surface area contributed by atoms with Crippen LogP contribution in [-0.4, -0.2) is 17.4 Å². The van der Waals surface area contributed by atoms with E-state index >= 15 is 0 Å². The fourth-order valence-corrected chi connectivity index (χ4v) is 1.43. The summed E-state index contributed by atoms with van der Waals surface area (Å²) in [5.74, 6) is -0.523. The van der Waals surface area contributed by atoms with Gasteiger partial charge in [-0.3, -0.25) is 0 Å². The Balaban J connectivity index is 2.33. The van der Waals surface area contributed by atoms with Crippen LogP contribution in [0.4, 0.5) is 0 Å². The first-order valence-electron chi connectivity index (χ1n) is 4.32. The molecule has 1 N–H and O–H groups in total. The Morgan fingerprint density at radius 1 is 1.43 bits per heavy atom. The summed E-state index contributed by atoms with van der Waals surface area (Å²) >= 11 is 0. The van der Waals surface area contributed by atoms with Crippen LogP contribution in [0.1, 0.15) is 18.6 Å². The number of carbonyl (C=O) groups is 1. The maximum atomic E-state index is 10.7. The van der Waals surface area contributed by atoms with Crippen molar-refractivity contribution in [1.29, 1.82) is 0 Å². The number of para-hydroxylation sites is 1. The molecule has 74 valence electrons. The van der Waals surface area contributed by atoms with Gasteiger partial charge in [0.2, 0.25) is 0 Å². The van der Waals surface area contributed by atoms with Gasteiger partial charge in [-0.25, -0.2) is 4.79 Å². The van der Waals surface area contributed by atoms with Crippen LogP contribution in [0.15, 0.2) is 24.3 Å². The average Bonchev–Trinajstić information content (AvgIpc) is 2.17. The molecule has 2 atom stereocenters. The molecule has 0 saturated carbocycles. The quantitative estimate of drug-likeness (QED) is 0.737. The summed E-state index contributed by atoms with van der Waals surface area (Å²) in [4.78, 5) is 10.7. The van der Waals surface area contributed by atoms with Crippen molar-refractivity contribution in [3.63, 3.8) is 0 Å². The van der Waals surface area contributed by atoms with Crippen LogP contribution in [0.25, 0.3) is 0 Å². The highest BCUT2D eigenvalue weighted by Gasteiger charge is 2.30. The largest absolute Gasteiger partial charge is 0.477 e. The van der Waals surface area contributed by atoms with Crippen molar-refractivity contribution in [2.45, 2.75) is 19.3 Å². The minimum absolute atomic E-state index is 0.249. The molecule has 0 radical (unpaired) electrons. The monoisotopic (exact) mass is 194 g/mol. The van der Waals surface area contributed by atoms with Gasteiger partial charge in [-0.1, -0.05) is 18.2 Å². The van der Waals surface area contributed by atoms with E-state index in [2.05, 4.69) is 0 Å². The number of benzene rings is 1. The van der Waals surface area contributed by atoms with E-state index in [1.807, 2.05) is 12.1 Å². The van der Waals surface area contributed by atoms with E-state index in [1.165, 1.54) is 0 Å². The van der Waals surface area contributed by atoms with Gasteiger partial charge in [0.1, 0.15) is 5.75 Å². The summed E-state index contributed by atoms with van der Waals surface area (Å²) in [6.07, 6.45) is -1.44. The normalized spacial score (nSPS) is 24.9. The number of fused-ring (bicyclic) bond motifs is 1. The van der Waals surface area contributed by atoms with Crippen molar-refractivity contribution >= 4 is 5.97 Å². The molecule has 0 aliphatic carbocycles. The van der Waals surface area contributed by atoms with Crippen LogP contribution in [0, 0.1) is 0 Å². The van der Waals surface area contributed by atoms with Crippen LogP contribution in [0.2, 0.25) is 0 Å². The Labute approximate surface area is 81.1 Å². The number of hydrogen-bond acceptors (Lipinski definition) is 3. The molecule has 0 saturated heterocycles. The summed E-state index contributed by atoms with van der Waals surface area (Å²) in [5.41, 5.74) is 0.880. The lowest BCUT2D eigenvalue weighted by molar-refractivity contribution is -0.185. The number of carboxylic acids is 1. The van der Waals surface area contributed by atoms with Gasteiger partial charge in [0.25, 0.3) is 6.29 Å². The lowest BCUT2D eigenvalue weighted by Gasteiger charge is -2.28. The molecule has 1 heterocycles. The molecule has 2 unspecified atom stereocenters. The molecule has 1 aliphatic heterocycles. The maximum absolute atomic E-state index is 10.7. The zero-order valence-corrected chi connectivity index (χ0v) is 7.64. The number of rotatable bonds is 1. The van der Waals surface area contributed by atoms with Crippen molar-refractivity contribution in [2.75, 3.05) is 0 Å². The van der Waals surface area contributed by atoms with Gasteiger partial charge in [0, 0.05) is 5.56 Å². The van der Waals surface area contributed by atoms with Crippen molar-refractivity contribution in [3.8, 4) is 5.75 Å². The van der Waals surface area contributed by atoms with Gasteiger partial charge in [-0.15, -0.1) is 0 Å². The van der Waals surface area contributed by atoms with Crippen molar-refractivity contribution < 1.29 is 19.4 Å². The minimum atomic E-state index is -1.19. The van der Waals surface area contributed by atoms with Crippen LogP contribution < -0.4 is 4.74 Å². The molecule has 1 aliphatic rings. The van der Waals surface area contributed by atoms with Crippen LogP contribution >= 0.6 is 0 Å². The molecule has 0 fully saturated rings. The van der Waals surface area contributed by atoms with E-state index < -0.39 is 12.3 Å². The third-order valence-corrected chi connectivity index (χ3v) is 2.12. The van der Waals surface area contributed by atoms with Gasteiger partial charge in [-0.05, 0) is 13.0 Å². The van der Waals surface area contributed by atoms with Crippen molar-refractivity contribution in [3.05, 3.63) is 29.8 Å². The van der Waals surface area contributed by atoms with E-state index in [0.717, 1.165) is 5.56 Å². The lowest BCUT2D eigenvalue weighted by Crippen LogP contribution is -2.34. The number of ether oxygens (including phenoxy) is 2. The van der Waals surface area contributed by atoms with Crippen molar-refractivity contribution in [1.82, 2.24) is 0 Å². The Morgan fingerprint density at radius 3 is 2.86 bits per heavy atom. The van der Waals surface area contributed by atoms with Crippen LogP contribution in [0.3, 0.4) is 0 Å². The summed E-state index contributed by atoms with van der Waals surface area (Å²) in [5, 5.41) is 8.73. The number of hydrogen-bond donors (Lipinski definition) is 1. The first kappa shape index (κ1) is 9.02. The molecule has 0 aromatic heterocycles. The minimum Gasteiger partial charge on any atom is -0.477 e. The zero-order valence-electron chi connectivity index (χ0n) is 7.64.